The highest BCUT2D eigenvalue weighted by Crippen LogP contribution is 2.28. The van der Waals surface area contributed by atoms with Gasteiger partial charge in [0.25, 0.3) is 0 Å². The van der Waals surface area contributed by atoms with Gasteiger partial charge >= 0.3 is 6.09 Å². The van der Waals surface area contributed by atoms with E-state index in [1.807, 2.05) is 30.5 Å². The average molecular weight is 428 g/mol. The lowest BCUT2D eigenvalue weighted by molar-refractivity contribution is 0.211. The van der Waals surface area contributed by atoms with Crippen LogP contribution in [-0.2, 0) is 0 Å². The Morgan fingerprint density at radius 3 is 2.53 bits per heavy atom. The number of ether oxygens (including phenoxy) is 1. The normalized spacial score (nSPS) is 14.4. The van der Waals surface area contributed by atoms with E-state index in [-0.39, 0.29) is 0 Å². The maximum absolute atomic E-state index is 11.1. The highest BCUT2D eigenvalue weighted by molar-refractivity contribution is 5.87. The molecule has 0 atom stereocenters. The van der Waals surface area contributed by atoms with Crippen LogP contribution in [0.1, 0.15) is 6.42 Å². The number of imidazole rings is 1. The summed E-state index contributed by atoms with van der Waals surface area (Å²) < 4.78 is 5.06. The number of nitrogens with one attached hydrogen (secondary N) is 1. The summed E-state index contributed by atoms with van der Waals surface area (Å²) in [5.41, 5.74) is 8.60. The van der Waals surface area contributed by atoms with Crippen molar-refractivity contribution in [2.75, 3.05) is 36.0 Å². The topological polar surface area (TPSA) is 100 Å². The van der Waals surface area contributed by atoms with Gasteiger partial charge in [0.1, 0.15) is 17.2 Å². The second-order valence-corrected chi connectivity index (χ2v) is 7.73. The van der Waals surface area contributed by atoms with E-state index in [1.54, 1.807) is 12.1 Å². The summed E-state index contributed by atoms with van der Waals surface area (Å²) in [4.78, 5) is 28.4. The van der Waals surface area contributed by atoms with Gasteiger partial charge in [-0.2, -0.15) is 0 Å². The van der Waals surface area contributed by atoms with Crippen LogP contribution in [0.15, 0.2) is 66.9 Å². The number of aromatic nitrogens is 3. The number of amides is 1. The number of aromatic amines is 1. The molecule has 0 saturated carbocycles. The zero-order valence-corrected chi connectivity index (χ0v) is 17.6. The fourth-order valence-electron chi connectivity index (χ4n) is 4.09. The fourth-order valence-corrected chi connectivity index (χ4v) is 4.09. The molecule has 1 fully saturated rings. The molecule has 3 N–H and O–H groups in total. The number of hydrogen-bond acceptors (Lipinski definition) is 6. The molecule has 32 heavy (non-hydrogen) atoms. The maximum atomic E-state index is 11.1. The Morgan fingerprint density at radius 2 is 1.75 bits per heavy atom. The van der Waals surface area contributed by atoms with Gasteiger partial charge < -0.3 is 25.3 Å². The van der Waals surface area contributed by atoms with Crippen molar-refractivity contribution in [3.8, 4) is 17.1 Å². The van der Waals surface area contributed by atoms with Crippen LogP contribution in [0.5, 0.6) is 5.75 Å². The van der Waals surface area contributed by atoms with Gasteiger partial charge in [0.05, 0.1) is 5.52 Å². The zero-order chi connectivity index (χ0) is 21.9. The SMILES string of the molecule is NC(=O)Oc1cccc2[nH]c(-c3ccc(N4CCCN(c5ccccc5)CC4)nc3)nc12. The van der Waals surface area contributed by atoms with Crippen molar-refractivity contribution in [1.82, 2.24) is 15.0 Å². The van der Waals surface area contributed by atoms with Crippen LogP contribution in [0.4, 0.5) is 16.3 Å². The Balaban J connectivity index is 1.33. The molecular formula is C24H24N6O2. The molecule has 2 aromatic heterocycles. The van der Waals surface area contributed by atoms with E-state index in [1.165, 1.54) is 5.69 Å². The maximum Gasteiger partial charge on any atom is 0.410 e. The lowest BCUT2D eigenvalue weighted by Crippen LogP contribution is -2.31. The molecule has 0 bridgehead atoms. The van der Waals surface area contributed by atoms with Crippen LogP contribution in [0.25, 0.3) is 22.4 Å². The van der Waals surface area contributed by atoms with E-state index < -0.39 is 6.09 Å². The molecule has 2 aromatic carbocycles. The van der Waals surface area contributed by atoms with Gasteiger partial charge in [-0.1, -0.05) is 24.3 Å². The van der Waals surface area contributed by atoms with Gasteiger partial charge in [-0.15, -0.1) is 0 Å². The molecule has 5 rings (SSSR count). The average Bonchev–Trinajstić information content (AvgIpc) is 3.11. The number of H-pyrrole nitrogens is 1. The highest BCUT2D eigenvalue weighted by Gasteiger charge is 2.17. The molecule has 0 spiro atoms. The third kappa shape index (κ3) is 4.07. The first-order valence-electron chi connectivity index (χ1n) is 10.6. The predicted molar refractivity (Wildman–Crippen MR) is 125 cm³/mol. The molecule has 8 heteroatoms. The van der Waals surface area contributed by atoms with Crippen molar-refractivity contribution in [3.05, 3.63) is 66.9 Å². The summed E-state index contributed by atoms with van der Waals surface area (Å²) in [6, 6.07) is 19.9. The van der Waals surface area contributed by atoms with Crippen LogP contribution in [0.2, 0.25) is 0 Å². The number of primary amides is 1. The lowest BCUT2D eigenvalue weighted by atomic mass is 10.2. The van der Waals surface area contributed by atoms with Crippen molar-refractivity contribution in [3.63, 3.8) is 0 Å². The van der Waals surface area contributed by atoms with Crippen molar-refractivity contribution in [1.29, 1.82) is 0 Å². The Kier molecular flexibility index (Phi) is 5.33. The van der Waals surface area contributed by atoms with E-state index in [0.717, 1.165) is 49.5 Å². The second kappa shape index (κ2) is 8.58. The molecule has 1 amide bonds. The first-order chi connectivity index (χ1) is 15.7. The largest absolute Gasteiger partial charge is 0.410 e. The van der Waals surface area contributed by atoms with Gasteiger partial charge in [-0.25, -0.2) is 14.8 Å². The quantitative estimate of drug-likeness (QED) is 0.513. The number of anilines is 2. The van der Waals surface area contributed by atoms with Crippen molar-refractivity contribution < 1.29 is 9.53 Å². The summed E-state index contributed by atoms with van der Waals surface area (Å²) >= 11 is 0. The first kappa shape index (κ1) is 19.9. The molecule has 3 heterocycles. The summed E-state index contributed by atoms with van der Waals surface area (Å²) in [5, 5.41) is 0. The lowest BCUT2D eigenvalue weighted by Gasteiger charge is -2.24. The Morgan fingerprint density at radius 1 is 0.938 bits per heavy atom. The molecule has 162 valence electrons. The van der Waals surface area contributed by atoms with Gasteiger partial charge in [0.15, 0.2) is 5.75 Å². The molecule has 4 aromatic rings. The summed E-state index contributed by atoms with van der Waals surface area (Å²) in [5.74, 6) is 1.94. The number of nitrogens with two attached hydrogens (primary N) is 1. The predicted octanol–water partition coefficient (Wildman–Crippen LogP) is 3.80. The van der Waals surface area contributed by atoms with E-state index in [0.29, 0.717) is 17.1 Å². The van der Waals surface area contributed by atoms with Crippen LogP contribution < -0.4 is 20.3 Å². The summed E-state index contributed by atoms with van der Waals surface area (Å²) in [6.45, 7) is 3.88. The molecule has 1 aliphatic rings. The Hall–Kier alpha value is -4.07. The van der Waals surface area contributed by atoms with Crippen molar-refractivity contribution in [2.45, 2.75) is 6.42 Å². The van der Waals surface area contributed by atoms with E-state index in [2.05, 4.69) is 44.0 Å². The molecule has 1 aliphatic heterocycles. The van der Waals surface area contributed by atoms with E-state index in [4.69, 9.17) is 15.5 Å². The van der Waals surface area contributed by atoms with Gasteiger partial charge in [-0.3, -0.25) is 0 Å². The number of carbonyl (C=O) groups is 1. The number of carbonyl (C=O) groups excluding carboxylic acids is 1. The molecule has 8 nitrogen and oxygen atoms in total. The standard InChI is InChI=1S/C24H24N6O2/c25-24(31)32-20-9-4-8-19-22(20)28-23(27-19)17-10-11-21(26-16-17)30-13-5-12-29(14-15-30)18-6-2-1-3-7-18/h1-4,6-11,16H,5,12-15H2,(H2,25,31)(H,27,28). The molecule has 0 unspecified atom stereocenters. The van der Waals surface area contributed by atoms with Crippen molar-refractivity contribution >= 4 is 28.6 Å². The minimum absolute atomic E-state index is 0.328. The van der Waals surface area contributed by atoms with Gasteiger partial charge in [-0.05, 0) is 42.8 Å². The van der Waals surface area contributed by atoms with Crippen LogP contribution in [0.3, 0.4) is 0 Å². The fraction of sp³-hybridized carbons (Fsp3) is 0.208. The first-order valence-corrected chi connectivity index (χ1v) is 10.6. The minimum atomic E-state index is -0.864. The summed E-state index contributed by atoms with van der Waals surface area (Å²) in [6.07, 6.45) is 2.03. The number of rotatable bonds is 4. The van der Waals surface area contributed by atoms with E-state index >= 15 is 0 Å². The molecule has 0 radical (unpaired) electrons. The van der Waals surface area contributed by atoms with Crippen LogP contribution in [-0.4, -0.2) is 47.2 Å². The van der Waals surface area contributed by atoms with Crippen LogP contribution >= 0.6 is 0 Å². The number of benzene rings is 2. The smallest absolute Gasteiger partial charge is 0.408 e. The van der Waals surface area contributed by atoms with Crippen molar-refractivity contribution in [2.24, 2.45) is 5.73 Å². The van der Waals surface area contributed by atoms with Crippen LogP contribution in [0, 0.1) is 0 Å². The molecule has 1 saturated heterocycles. The number of pyridine rings is 1. The minimum Gasteiger partial charge on any atom is -0.408 e. The molecular weight excluding hydrogens is 404 g/mol. The third-order valence-corrected chi connectivity index (χ3v) is 5.65. The summed E-state index contributed by atoms with van der Waals surface area (Å²) in [7, 11) is 0. The number of nitrogens with zero attached hydrogens (tertiary/aromatic N) is 4. The van der Waals surface area contributed by atoms with Gasteiger partial charge in [0, 0.05) is 43.6 Å². The Labute approximate surface area is 185 Å². The number of fused-ring (bicyclic) bond motifs is 1. The second-order valence-electron chi connectivity index (χ2n) is 7.73. The monoisotopic (exact) mass is 428 g/mol. The Bertz CT molecular complexity index is 1220. The molecule has 0 aliphatic carbocycles. The third-order valence-electron chi connectivity index (χ3n) is 5.65. The highest BCUT2D eigenvalue weighted by atomic mass is 16.5. The van der Waals surface area contributed by atoms with Gasteiger partial charge in [0.2, 0.25) is 0 Å². The van der Waals surface area contributed by atoms with E-state index in [9.17, 15) is 4.79 Å². The number of hydrogen-bond donors (Lipinski definition) is 2. The number of para-hydroxylation sites is 2. The zero-order valence-electron chi connectivity index (χ0n) is 17.6.